The molecule has 20 heavy (non-hydrogen) atoms. The van der Waals surface area contributed by atoms with Crippen LogP contribution in [0.5, 0.6) is 0 Å². The molecular weight excluding hydrogens is 382 g/mol. The van der Waals surface area contributed by atoms with Gasteiger partial charge in [-0.25, -0.2) is 0 Å². The molecule has 0 radical (unpaired) electrons. The lowest BCUT2D eigenvalue weighted by Gasteiger charge is -2.31. The second kappa shape index (κ2) is 7.28. The topological polar surface area (TPSA) is 20.3 Å². The lowest BCUT2D eigenvalue weighted by molar-refractivity contribution is -0.144. The van der Waals surface area contributed by atoms with Gasteiger partial charge in [-0.2, -0.15) is 13.2 Å². The monoisotopic (exact) mass is 399 g/mol. The second-order valence-electron chi connectivity index (χ2n) is 4.53. The molecule has 0 unspecified atom stereocenters. The normalized spacial score (nSPS) is 11.8. The van der Waals surface area contributed by atoms with E-state index in [1.54, 1.807) is 38.1 Å². The van der Waals surface area contributed by atoms with Gasteiger partial charge in [-0.15, -0.1) is 0 Å². The van der Waals surface area contributed by atoms with Crippen LogP contribution in [0.25, 0.3) is 0 Å². The van der Waals surface area contributed by atoms with E-state index in [2.05, 4.69) is 22.6 Å². The fraction of sp³-hybridized carbons (Fsp3) is 0.500. The number of carbonyl (C=O) groups excluding carboxylic acids is 1. The summed E-state index contributed by atoms with van der Waals surface area (Å²) < 4.78 is 39.0. The molecule has 0 fully saturated rings. The van der Waals surface area contributed by atoms with E-state index in [4.69, 9.17) is 0 Å². The molecule has 0 saturated heterocycles. The molecule has 6 heteroatoms. The Morgan fingerprint density at radius 1 is 1.20 bits per heavy atom. The van der Waals surface area contributed by atoms with Gasteiger partial charge in [0.1, 0.15) is 6.54 Å². The van der Waals surface area contributed by atoms with E-state index in [1.807, 2.05) is 0 Å². The van der Waals surface area contributed by atoms with Crippen molar-refractivity contribution < 1.29 is 18.0 Å². The first-order chi connectivity index (χ1) is 9.28. The van der Waals surface area contributed by atoms with Crippen LogP contribution in [-0.4, -0.2) is 29.6 Å². The van der Waals surface area contributed by atoms with Gasteiger partial charge in [0.05, 0.1) is 0 Å². The Morgan fingerprint density at radius 2 is 1.70 bits per heavy atom. The molecule has 0 aliphatic rings. The Morgan fingerprint density at radius 3 is 2.10 bits per heavy atom. The number of alkyl halides is 3. The zero-order valence-corrected chi connectivity index (χ0v) is 13.5. The molecule has 0 saturated carbocycles. The third-order valence-corrected chi connectivity index (χ3v) is 3.80. The van der Waals surface area contributed by atoms with E-state index in [1.165, 1.54) is 0 Å². The first-order valence-electron chi connectivity index (χ1n) is 6.41. The summed E-state index contributed by atoms with van der Waals surface area (Å²) in [5, 5.41) is 0. The van der Waals surface area contributed by atoms with E-state index < -0.39 is 24.7 Å². The van der Waals surface area contributed by atoms with Crippen molar-refractivity contribution in [2.75, 3.05) is 6.54 Å². The number of carbonyl (C=O) groups is 1. The quantitative estimate of drug-likeness (QED) is 0.669. The van der Waals surface area contributed by atoms with Gasteiger partial charge in [0.15, 0.2) is 0 Å². The van der Waals surface area contributed by atoms with Crippen molar-refractivity contribution >= 4 is 28.5 Å². The maximum absolute atomic E-state index is 12.7. The summed E-state index contributed by atoms with van der Waals surface area (Å²) >= 11 is 2.08. The highest BCUT2D eigenvalue weighted by atomic mass is 127. The van der Waals surface area contributed by atoms with Crippen molar-refractivity contribution in [1.29, 1.82) is 0 Å². The molecule has 0 heterocycles. The summed E-state index contributed by atoms with van der Waals surface area (Å²) in [7, 11) is 0. The maximum Gasteiger partial charge on any atom is 0.406 e. The van der Waals surface area contributed by atoms with Crippen LogP contribution in [0.3, 0.4) is 0 Å². The predicted molar refractivity (Wildman–Crippen MR) is 80.6 cm³/mol. The smallest absolute Gasteiger partial charge is 0.327 e. The van der Waals surface area contributed by atoms with Crippen molar-refractivity contribution in [3.05, 3.63) is 33.4 Å². The van der Waals surface area contributed by atoms with Crippen molar-refractivity contribution in [2.24, 2.45) is 0 Å². The summed E-state index contributed by atoms with van der Waals surface area (Å²) in [6.45, 7) is 2.38. The van der Waals surface area contributed by atoms with Crippen LogP contribution >= 0.6 is 22.6 Å². The Labute approximate surface area is 130 Å². The molecule has 0 aromatic heterocycles. The third-order valence-electron chi connectivity index (χ3n) is 3.08. The van der Waals surface area contributed by atoms with Crippen LogP contribution in [0.1, 0.15) is 37.0 Å². The molecule has 0 N–H and O–H groups in total. The lowest BCUT2D eigenvalue weighted by Crippen LogP contribution is -2.45. The number of rotatable bonds is 5. The molecule has 0 aliphatic carbocycles. The van der Waals surface area contributed by atoms with E-state index in [-0.39, 0.29) is 0 Å². The molecule has 1 amide bonds. The Hall–Kier alpha value is -0.790. The number of nitrogens with zero attached hydrogens (tertiary/aromatic N) is 1. The summed E-state index contributed by atoms with van der Waals surface area (Å²) in [4.78, 5) is 13.2. The van der Waals surface area contributed by atoms with Crippen LogP contribution in [0.15, 0.2) is 24.3 Å². The van der Waals surface area contributed by atoms with Crippen molar-refractivity contribution in [3.63, 3.8) is 0 Å². The average molecular weight is 399 g/mol. The van der Waals surface area contributed by atoms with E-state index in [0.29, 0.717) is 18.4 Å². The van der Waals surface area contributed by atoms with Crippen molar-refractivity contribution in [3.8, 4) is 0 Å². The highest BCUT2D eigenvalue weighted by Crippen LogP contribution is 2.22. The molecule has 0 bridgehead atoms. The standard InChI is InChI=1S/C14H17F3INO/c1-3-12(4-2)19(9-14(15,16)17)13(20)10-5-7-11(18)8-6-10/h5-8,12H,3-4,9H2,1-2H3. The average Bonchev–Trinajstić information content (AvgIpc) is 2.37. The van der Waals surface area contributed by atoms with E-state index in [9.17, 15) is 18.0 Å². The van der Waals surface area contributed by atoms with Gasteiger partial charge in [0.25, 0.3) is 5.91 Å². The van der Waals surface area contributed by atoms with E-state index in [0.717, 1.165) is 8.47 Å². The van der Waals surface area contributed by atoms with Gasteiger partial charge in [0.2, 0.25) is 0 Å². The molecule has 0 aliphatic heterocycles. The van der Waals surface area contributed by atoms with Gasteiger partial charge in [-0.3, -0.25) is 4.79 Å². The summed E-state index contributed by atoms with van der Waals surface area (Å²) in [6.07, 6.45) is -3.38. The molecule has 112 valence electrons. The lowest BCUT2D eigenvalue weighted by atomic mass is 10.1. The van der Waals surface area contributed by atoms with Crippen molar-refractivity contribution in [1.82, 2.24) is 4.90 Å². The maximum atomic E-state index is 12.7. The third kappa shape index (κ3) is 4.96. The molecule has 1 aromatic rings. The predicted octanol–water partition coefficient (Wildman–Crippen LogP) is 4.48. The van der Waals surface area contributed by atoms with Gasteiger partial charge < -0.3 is 4.90 Å². The fourth-order valence-electron chi connectivity index (χ4n) is 2.05. The van der Waals surface area contributed by atoms with Gasteiger partial charge in [-0.1, -0.05) is 13.8 Å². The number of hydrogen-bond donors (Lipinski definition) is 0. The highest BCUT2D eigenvalue weighted by Gasteiger charge is 2.35. The molecule has 0 atom stereocenters. The Kier molecular flexibility index (Phi) is 6.29. The van der Waals surface area contributed by atoms with Crippen molar-refractivity contribution in [2.45, 2.75) is 38.9 Å². The SMILES string of the molecule is CCC(CC)N(CC(F)(F)F)C(=O)c1ccc(I)cc1. The molecule has 1 aromatic carbocycles. The van der Waals surface area contributed by atoms with Crippen LogP contribution < -0.4 is 0 Å². The largest absolute Gasteiger partial charge is 0.406 e. The fourth-order valence-corrected chi connectivity index (χ4v) is 2.41. The van der Waals surface area contributed by atoms with Gasteiger partial charge in [0, 0.05) is 15.2 Å². The van der Waals surface area contributed by atoms with E-state index >= 15 is 0 Å². The minimum absolute atomic E-state index is 0.293. The zero-order valence-electron chi connectivity index (χ0n) is 11.4. The highest BCUT2D eigenvalue weighted by molar-refractivity contribution is 14.1. The van der Waals surface area contributed by atoms with Crippen LogP contribution in [0.2, 0.25) is 0 Å². The van der Waals surface area contributed by atoms with Gasteiger partial charge >= 0.3 is 6.18 Å². The first kappa shape index (κ1) is 17.3. The number of benzene rings is 1. The number of hydrogen-bond acceptors (Lipinski definition) is 1. The second-order valence-corrected chi connectivity index (χ2v) is 5.77. The van der Waals surface area contributed by atoms with Gasteiger partial charge in [-0.05, 0) is 59.7 Å². The van der Waals surface area contributed by atoms with Crippen LogP contribution in [0, 0.1) is 3.57 Å². The minimum atomic E-state index is -4.39. The Bertz CT molecular complexity index is 441. The molecule has 1 rings (SSSR count). The summed E-state index contributed by atoms with van der Waals surface area (Å²) in [6, 6.07) is 6.16. The minimum Gasteiger partial charge on any atom is -0.327 e. The number of halogens is 4. The molecular formula is C14H17F3INO. The Balaban J connectivity index is 3.02. The summed E-state index contributed by atoms with van der Waals surface area (Å²) in [5.74, 6) is -0.563. The van der Waals surface area contributed by atoms with Crippen LogP contribution in [0.4, 0.5) is 13.2 Å². The summed E-state index contributed by atoms with van der Waals surface area (Å²) in [5.41, 5.74) is 0.293. The first-order valence-corrected chi connectivity index (χ1v) is 7.49. The number of amides is 1. The molecule has 2 nitrogen and oxygen atoms in total. The molecule has 0 spiro atoms. The zero-order chi connectivity index (χ0) is 15.3. The van der Waals surface area contributed by atoms with Crippen LogP contribution in [-0.2, 0) is 0 Å².